The van der Waals surface area contributed by atoms with Gasteiger partial charge in [-0.25, -0.2) is 0 Å². The van der Waals surface area contributed by atoms with Gasteiger partial charge in [0.25, 0.3) is 5.88 Å². The Hall–Kier alpha value is -3.33. The van der Waals surface area contributed by atoms with E-state index in [2.05, 4.69) is 10.1 Å². The van der Waals surface area contributed by atoms with E-state index in [9.17, 15) is 15.0 Å². The fourth-order valence-electron chi connectivity index (χ4n) is 3.39. The molecule has 9 heteroatoms. The third-order valence-electron chi connectivity index (χ3n) is 4.96. The number of benzene rings is 2. The number of aromatic hydroxyl groups is 1. The molecule has 0 unspecified atom stereocenters. The number of aliphatic hydroxyl groups excluding tert-OH is 2. The van der Waals surface area contributed by atoms with Crippen molar-refractivity contribution in [1.82, 2.24) is 10.1 Å². The summed E-state index contributed by atoms with van der Waals surface area (Å²) in [6, 6.07) is 12.0. The van der Waals surface area contributed by atoms with E-state index in [1.165, 1.54) is 13.2 Å². The molecule has 8 nitrogen and oxygen atoms in total. The molecular formula is C22H19ClN2O6. The van der Waals surface area contributed by atoms with E-state index in [-0.39, 0.29) is 29.7 Å². The van der Waals surface area contributed by atoms with Gasteiger partial charge in [0, 0.05) is 17.4 Å². The van der Waals surface area contributed by atoms with Gasteiger partial charge in [0.2, 0.25) is 17.4 Å². The predicted octanol–water partition coefficient (Wildman–Crippen LogP) is 3.32. The molecule has 2 aromatic carbocycles. The van der Waals surface area contributed by atoms with E-state index in [0.717, 1.165) is 11.1 Å². The van der Waals surface area contributed by atoms with Crippen LogP contribution in [-0.4, -0.2) is 51.1 Å². The van der Waals surface area contributed by atoms with E-state index in [4.69, 9.17) is 26.0 Å². The van der Waals surface area contributed by atoms with Crippen LogP contribution in [0.4, 0.5) is 0 Å². The maximum atomic E-state index is 12.9. The number of aromatic nitrogens is 2. The Bertz CT molecular complexity index is 1250. The van der Waals surface area contributed by atoms with Crippen LogP contribution in [-0.2, 0) is 6.42 Å². The van der Waals surface area contributed by atoms with Gasteiger partial charge < -0.3 is 29.6 Å². The fraction of sp³-hybridized carbons (Fsp3) is 0.182. The SMILES string of the molecule is COc1cc(C(=O)c2c(O)[nH]c3cc(Cl)c(-c4ccc(C[C@H](O)CO)cc4)cc23)on1. The van der Waals surface area contributed by atoms with Crippen LogP contribution in [0.15, 0.2) is 47.0 Å². The number of fused-ring (bicyclic) bond motifs is 1. The van der Waals surface area contributed by atoms with Gasteiger partial charge in [0.1, 0.15) is 0 Å². The zero-order valence-corrected chi connectivity index (χ0v) is 17.2. The molecule has 0 spiro atoms. The highest BCUT2D eigenvalue weighted by Gasteiger charge is 2.25. The molecule has 4 rings (SSSR count). The number of nitrogens with zero attached hydrogens (tertiary/aromatic N) is 1. The molecule has 2 aromatic heterocycles. The first-order chi connectivity index (χ1) is 14.9. The smallest absolute Gasteiger partial charge is 0.254 e. The largest absolute Gasteiger partial charge is 0.494 e. The summed E-state index contributed by atoms with van der Waals surface area (Å²) in [6.45, 7) is -0.310. The summed E-state index contributed by atoms with van der Waals surface area (Å²) in [6.07, 6.45) is -0.494. The Morgan fingerprint density at radius 2 is 2.00 bits per heavy atom. The molecule has 0 radical (unpaired) electrons. The molecule has 0 bridgehead atoms. The summed E-state index contributed by atoms with van der Waals surface area (Å²) in [4.78, 5) is 15.7. The number of carbonyl (C=O) groups is 1. The van der Waals surface area contributed by atoms with Crippen LogP contribution in [0, 0.1) is 0 Å². The van der Waals surface area contributed by atoms with Crippen LogP contribution in [0.5, 0.6) is 11.8 Å². The number of methoxy groups -OCH3 is 1. The minimum atomic E-state index is -0.822. The number of aliphatic hydroxyl groups is 2. The molecule has 0 amide bonds. The van der Waals surface area contributed by atoms with E-state index in [1.54, 1.807) is 12.1 Å². The predicted molar refractivity (Wildman–Crippen MR) is 114 cm³/mol. The molecule has 0 aliphatic rings. The molecule has 2 heterocycles. The lowest BCUT2D eigenvalue weighted by Gasteiger charge is -2.09. The number of ether oxygens (including phenoxy) is 1. The first-order valence-corrected chi connectivity index (χ1v) is 9.77. The molecule has 0 aliphatic carbocycles. The minimum Gasteiger partial charge on any atom is -0.494 e. The standard InChI is InChI=1S/C22H19ClN2O6/c1-30-19-9-18(31-25-19)21(28)20-15-7-14(16(23)8-17(15)24-22(20)29)12-4-2-11(3-5-12)6-13(27)10-26/h2-5,7-9,13,24,26-27,29H,6,10H2,1H3/t13-/m0/s1. The Kier molecular flexibility index (Phi) is 5.69. The van der Waals surface area contributed by atoms with Crippen molar-refractivity contribution in [3.63, 3.8) is 0 Å². The first kappa shape index (κ1) is 20.9. The van der Waals surface area contributed by atoms with Gasteiger partial charge in [0.15, 0.2) is 0 Å². The highest BCUT2D eigenvalue weighted by atomic mass is 35.5. The van der Waals surface area contributed by atoms with Crippen LogP contribution >= 0.6 is 11.6 Å². The van der Waals surface area contributed by atoms with Crippen LogP contribution in [0.25, 0.3) is 22.0 Å². The van der Waals surface area contributed by atoms with E-state index in [1.807, 2.05) is 24.3 Å². The van der Waals surface area contributed by atoms with Gasteiger partial charge in [-0.05, 0) is 28.4 Å². The van der Waals surface area contributed by atoms with Crippen LogP contribution in [0.2, 0.25) is 5.02 Å². The summed E-state index contributed by atoms with van der Waals surface area (Å²) >= 11 is 6.46. The van der Waals surface area contributed by atoms with Crippen molar-refractivity contribution in [2.24, 2.45) is 0 Å². The van der Waals surface area contributed by atoms with Crippen LogP contribution in [0.1, 0.15) is 21.7 Å². The number of halogens is 1. The lowest BCUT2D eigenvalue weighted by molar-refractivity contribution is 0.0955. The molecule has 160 valence electrons. The van der Waals surface area contributed by atoms with Gasteiger partial charge in [-0.2, -0.15) is 0 Å². The van der Waals surface area contributed by atoms with Gasteiger partial charge >= 0.3 is 0 Å². The first-order valence-electron chi connectivity index (χ1n) is 9.39. The summed E-state index contributed by atoms with van der Waals surface area (Å²) in [7, 11) is 1.40. The Morgan fingerprint density at radius 1 is 1.26 bits per heavy atom. The molecule has 0 saturated heterocycles. The number of H-pyrrole nitrogens is 1. The number of carbonyl (C=O) groups excluding carboxylic acids is 1. The summed E-state index contributed by atoms with van der Waals surface area (Å²) in [5.74, 6) is -0.785. The Morgan fingerprint density at radius 3 is 2.65 bits per heavy atom. The normalized spacial score (nSPS) is 12.3. The minimum absolute atomic E-state index is 0.0365. The lowest BCUT2D eigenvalue weighted by Crippen LogP contribution is -2.14. The molecule has 0 saturated carbocycles. The molecule has 0 fully saturated rings. The number of hydrogen-bond acceptors (Lipinski definition) is 7. The molecule has 0 aliphatic heterocycles. The topological polar surface area (TPSA) is 129 Å². The van der Waals surface area contributed by atoms with Crippen molar-refractivity contribution in [1.29, 1.82) is 0 Å². The third kappa shape index (κ3) is 4.00. The van der Waals surface area contributed by atoms with E-state index in [0.29, 0.717) is 27.9 Å². The van der Waals surface area contributed by atoms with Crippen LogP contribution in [0.3, 0.4) is 0 Å². The van der Waals surface area contributed by atoms with Crippen molar-refractivity contribution in [2.75, 3.05) is 13.7 Å². The average molecular weight is 443 g/mol. The second kappa shape index (κ2) is 8.43. The fourth-order valence-corrected chi connectivity index (χ4v) is 3.67. The van der Waals surface area contributed by atoms with Crippen molar-refractivity contribution < 1.29 is 29.4 Å². The lowest BCUT2D eigenvalue weighted by atomic mass is 9.98. The highest BCUT2D eigenvalue weighted by Crippen LogP contribution is 2.37. The van der Waals surface area contributed by atoms with Crippen LogP contribution < -0.4 is 4.74 Å². The van der Waals surface area contributed by atoms with Crippen molar-refractivity contribution >= 4 is 28.3 Å². The number of nitrogens with one attached hydrogen (secondary N) is 1. The average Bonchev–Trinajstić information content (AvgIpc) is 3.37. The van der Waals surface area contributed by atoms with Gasteiger partial charge in [-0.15, -0.1) is 0 Å². The monoisotopic (exact) mass is 442 g/mol. The maximum Gasteiger partial charge on any atom is 0.254 e. The van der Waals surface area contributed by atoms with Crippen molar-refractivity contribution in [3.8, 4) is 22.9 Å². The number of ketones is 1. The highest BCUT2D eigenvalue weighted by molar-refractivity contribution is 6.34. The molecule has 1 atom stereocenters. The molecular weight excluding hydrogens is 424 g/mol. The zero-order chi connectivity index (χ0) is 22.1. The second-order valence-corrected chi connectivity index (χ2v) is 7.43. The Balaban J connectivity index is 1.75. The third-order valence-corrected chi connectivity index (χ3v) is 5.27. The van der Waals surface area contributed by atoms with Gasteiger partial charge in [0.05, 0.1) is 42.0 Å². The number of aromatic amines is 1. The Labute approximate surface area is 181 Å². The number of rotatable bonds is 7. The quantitative estimate of drug-likeness (QED) is 0.323. The maximum absolute atomic E-state index is 12.9. The van der Waals surface area contributed by atoms with Gasteiger partial charge in [-0.1, -0.05) is 35.9 Å². The summed E-state index contributed by atoms with van der Waals surface area (Å²) in [5, 5.41) is 33.5. The van der Waals surface area contributed by atoms with E-state index >= 15 is 0 Å². The zero-order valence-electron chi connectivity index (χ0n) is 16.4. The molecule has 4 aromatic rings. The summed E-state index contributed by atoms with van der Waals surface area (Å²) < 4.78 is 9.96. The van der Waals surface area contributed by atoms with Gasteiger partial charge in [-0.3, -0.25) is 4.79 Å². The molecule has 4 N–H and O–H groups in total. The second-order valence-electron chi connectivity index (χ2n) is 7.03. The summed E-state index contributed by atoms with van der Waals surface area (Å²) in [5.41, 5.74) is 2.83. The molecule has 31 heavy (non-hydrogen) atoms. The van der Waals surface area contributed by atoms with Crippen molar-refractivity contribution in [3.05, 3.63) is 64.4 Å². The number of hydrogen-bond donors (Lipinski definition) is 4. The van der Waals surface area contributed by atoms with E-state index < -0.39 is 11.9 Å². The van der Waals surface area contributed by atoms with Crippen molar-refractivity contribution in [2.45, 2.75) is 12.5 Å².